The van der Waals surface area contributed by atoms with Gasteiger partial charge < -0.3 is 10.3 Å². The van der Waals surface area contributed by atoms with Crippen LogP contribution in [0.4, 0.5) is 0 Å². The van der Waals surface area contributed by atoms with Crippen molar-refractivity contribution >= 4 is 28.5 Å². The second kappa shape index (κ2) is 5.97. The lowest BCUT2D eigenvalue weighted by atomic mass is 10.1. The highest BCUT2D eigenvalue weighted by molar-refractivity contribution is 6.30. The zero-order chi connectivity index (χ0) is 14.7. The Morgan fingerprint density at radius 1 is 1.24 bits per heavy atom. The molecule has 3 rings (SSSR count). The van der Waals surface area contributed by atoms with Gasteiger partial charge in [0.15, 0.2) is 0 Å². The number of aromatic nitrogens is 2. The van der Waals surface area contributed by atoms with Gasteiger partial charge in [0.2, 0.25) is 0 Å². The SMILES string of the molecule is O=C(NCCc1ccc2nc[nH]c2c1)c1cccc(Cl)c1. The van der Waals surface area contributed by atoms with Gasteiger partial charge >= 0.3 is 0 Å². The average molecular weight is 300 g/mol. The molecule has 1 amide bonds. The summed E-state index contributed by atoms with van der Waals surface area (Å²) in [6.45, 7) is 0.574. The van der Waals surface area contributed by atoms with Crippen molar-refractivity contribution < 1.29 is 4.79 Å². The summed E-state index contributed by atoms with van der Waals surface area (Å²) in [6.07, 6.45) is 2.44. The minimum absolute atomic E-state index is 0.111. The molecule has 0 atom stereocenters. The van der Waals surface area contributed by atoms with Crippen LogP contribution in [0.5, 0.6) is 0 Å². The third kappa shape index (κ3) is 3.23. The van der Waals surface area contributed by atoms with E-state index < -0.39 is 0 Å². The Morgan fingerprint density at radius 3 is 3.00 bits per heavy atom. The maximum absolute atomic E-state index is 12.0. The Morgan fingerprint density at radius 2 is 2.14 bits per heavy atom. The third-order valence-corrected chi connectivity index (χ3v) is 3.51. The molecule has 0 radical (unpaired) electrons. The molecular formula is C16H14ClN3O. The van der Waals surface area contributed by atoms with E-state index in [9.17, 15) is 4.79 Å². The highest BCUT2D eigenvalue weighted by Gasteiger charge is 2.05. The van der Waals surface area contributed by atoms with Crippen LogP contribution < -0.4 is 5.32 Å². The maximum atomic E-state index is 12.0. The Kier molecular flexibility index (Phi) is 3.88. The van der Waals surface area contributed by atoms with Crippen molar-refractivity contribution in [2.24, 2.45) is 0 Å². The first-order valence-electron chi connectivity index (χ1n) is 6.68. The normalized spacial score (nSPS) is 10.7. The predicted octanol–water partition coefficient (Wildman–Crippen LogP) is 3.19. The second-order valence-corrected chi connectivity index (χ2v) is 5.21. The summed E-state index contributed by atoms with van der Waals surface area (Å²) < 4.78 is 0. The number of amides is 1. The van der Waals surface area contributed by atoms with Gasteiger partial charge in [-0.05, 0) is 42.3 Å². The van der Waals surface area contributed by atoms with Crippen molar-refractivity contribution in [3.05, 3.63) is 64.9 Å². The van der Waals surface area contributed by atoms with Crippen molar-refractivity contribution in [3.8, 4) is 0 Å². The fourth-order valence-corrected chi connectivity index (χ4v) is 2.38. The summed E-state index contributed by atoms with van der Waals surface area (Å²) in [6, 6.07) is 13.0. The molecule has 0 saturated heterocycles. The lowest BCUT2D eigenvalue weighted by Crippen LogP contribution is -2.25. The number of halogens is 1. The first-order valence-corrected chi connectivity index (χ1v) is 7.06. The molecule has 0 unspecified atom stereocenters. The van der Waals surface area contributed by atoms with Gasteiger partial charge in [0.1, 0.15) is 0 Å². The van der Waals surface area contributed by atoms with E-state index in [1.54, 1.807) is 30.6 Å². The van der Waals surface area contributed by atoms with E-state index in [0.29, 0.717) is 17.1 Å². The summed E-state index contributed by atoms with van der Waals surface area (Å²) in [7, 11) is 0. The van der Waals surface area contributed by atoms with E-state index in [-0.39, 0.29) is 5.91 Å². The number of hydrogen-bond acceptors (Lipinski definition) is 2. The van der Waals surface area contributed by atoms with Gasteiger partial charge in [-0.2, -0.15) is 0 Å². The number of benzene rings is 2. The number of hydrogen-bond donors (Lipinski definition) is 2. The van der Waals surface area contributed by atoms with E-state index in [0.717, 1.165) is 23.0 Å². The molecule has 3 aromatic rings. The van der Waals surface area contributed by atoms with E-state index in [1.807, 2.05) is 18.2 Å². The first kappa shape index (κ1) is 13.6. The molecule has 0 spiro atoms. The second-order valence-electron chi connectivity index (χ2n) is 4.77. The zero-order valence-corrected chi connectivity index (χ0v) is 12.0. The van der Waals surface area contributed by atoms with Crippen LogP contribution in [-0.2, 0) is 6.42 Å². The number of nitrogens with zero attached hydrogens (tertiary/aromatic N) is 1. The molecule has 0 bridgehead atoms. The Bertz CT molecular complexity index is 782. The molecule has 0 fully saturated rings. The van der Waals surface area contributed by atoms with E-state index >= 15 is 0 Å². The lowest BCUT2D eigenvalue weighted by molar-refractivity contribution is 0.0954. The smallest absolute Gasteiger partial charge is 0.251 e. The van der Waals surface area contributed by atoms with Gasteiger partial charge in [-0.25, -0.2) is 4.98 Å². The van der Waals surface area contributed by atoms with E-state index in [1.165, 1.54) is 0 Å². The van der Waals surface area contributed by atoms with Gasteiger partial charge in [-0.3, -0.25) is 4.79 Å². The summed E-state index contributed by atoms with van der Waals surface area (Å²) in [5.41, 5.74) is 3.68. The lowest BCUT2D eigenvalue weighted by Gasteiger charge is -2.06. The Hall–Kier alpha value is -2.33. The summed E-state index contributed by atoms with van der Waals surface area (Å²) >= 11 is 5.87. The van der Waals surface area contributed by atoms with Crippen LogP contribution in [0, 0.1) is 0 Å². The van der Waals surface area contributed by atoms with Crippen molar-refractivity contribution in [2.45, 2.75) is 6.42 Å². The van der Waals surface area contributed by atoms with E-state index in [2.05, 4.69) is 15.3 Å². The fraction of sp³-hybridized carbons (Fsp3) is 0.125. The third-order valence-electron chi connectivity index (χ3n) is 3.27. The van der Waals surface area contributed by atoms with Crippen LogP contribution in [0.2, 0.25) is 5.02 Å². The zero-order valence-electron chi connectivity index (χ0n) is 11.3. The number of carbonyl (C=O) groups excluding carboxylic acids is 1. The molecule has 2 aromatic carbocycles. The number of aromatic amines is 1. The molecule has 2 N–H and O–H groups in total. The number of rotatable bonds is 4. The quantitative estimate of drug-likeness (QED) is 0.777. The Balaban J connectivity index is 1.59. The predicted molar refractivity (Wildman–Crippen MR) is 83.6 cm³/mol. The molecule has 5 heteroatoms. The number of nitrogens with one attached hydrogen (secondary N) is 2. The minimum atomic E-state index is -0.111. The molecule has 0 aliphatic heterocycles. The molecule has 106 valence electrons. The monoisotopic (exact) mass is 299 g/mol. The summed E-state index contributed by atoms with van der Waals surface area (Å²) in [4.78, 5) is 19.2. The number of fused-ring (bicyclic) bond motifs is 1. The highest BCUT2D eigenvalue weighted by atomic mass is 35.5. The van der Waals surface area contributed by atoms with Crippen LogP contribution >= 0.6 is 11.6 Å². The van der Waals surface area contributed by atoms with Gasteiger partial charge in [0.25, 0.3) is 5.91 Å². The van der Waals surface area contributed by atoms with Crippen molar-refractivity contribution in [1.29, 1.82) is 0 Å². The first-order chi connectivity index (χ1) is 10.2. The van der Waals surface area contributed by atoms with Crippen molar-refractivity contribution in [3.63, 3.8) is 0 Å². The maximum Gasteiger partial charge on any atom is 0.251 e. The summed E-state index contributed by atoms with van der Waals surface area (Å²) in [5.74, 6) is -0.111. The van der Waals surface area contributed by atoms with Crippen molar-refractivity contribution in [2.75, 3.05) is 6.54 Å². The molecule has 1 heterocycles. The molecule has 21 heavy (non-hydrogen) atoms. The molecule has 0 aliphatic rings. The Labute approximate surface area is 127 Å². The van der Waals surface area contributed by atoms with Crippen LogP contribution in [-0.4, -0.2) is 22.4 Å². The molecular weight excluding hydrogens is 286 g/mol. The van der Waals surface area contributed by atoms with E-state index in [4.69, 9.17) is 11.6 Å². The number of H-pyrrole nitrogens is 1. The van der Waals surface area contributed by atoms with Gasteiger partial charge in [0, 0.05) is 17.1 Å². The van der Waals surface area contributed by atoms with Crippen LogP contribution in [0.1, 0.15) is 15.9 Å². The number of imidazole rings is 1. The highest BCUT2D eigenvalue weighted by Crippen LogP contribution is 2.12. The van der Waals surface area contributed by atoms with Crippen LogP contribution in [0.3, 0.4) is 0 Å². The number of carbonyl (C=O) groups is 1. The largest absolute Gasteiger partial charge is 0.352 e. The van der Waals surface area contributed by atoms with Gasteiger partial charge in [-0.15, -0.1) is 0 Å². The standard InChI is InChI=1S/C16H14ClN3O/c17-13-3-1-2-12(9-13)16(21)18-7-6-11-4-5-14-15(8-11)20-10-19-14/h1-5,8-10H,6-7H2,(H,18,21)(H,19,20). The van der Waals surface area contributed by atoms with Crippen LogP contribution in [0.25, 0.3) is 11.0 Å². The van der Waals surface area contributed by atoms with Gasteiger partial charge in [0.05, 0.1) is 17.4 Å². The molecule has 0 saturated carbocycles. The molecule has 0 aliphatic carbocycles. The summed E-state index contributed by atoms with van der Waals surface area (Å²) in [5, 5.41) is 3.46. The molecule has 1 aromatic heterocycles. The minimum Gasteiger partial charge on any atom is -0.352 e. The van der Waals surface area contributed by atoms with Crippen molar-refractivity contribution in [1.82, 2.24) is 15.3 Å². The topological polar surface area (TPSA) is 57.8 Å². The molecule has 4 nitrogen and oxygen atoms in total. The fourth-order valence-electron chi connectivity index (χ4n) is 2.19. The van der Waals surface area contributed by atoms with Crippen LogP contribution in [0.15, 0.2) is 48.8 Å². The average Bonchev–Trinajstić information content (AvgIpc) is 2.94. The van der Waals surface area contributed by atoms with Gasteiger partial charge in [-0.1, -0.05) is 23.7 Å².